The van der Waals surface area contributed by atoms with E-state index in [-0.39, 0.29) is 68.4 Å². The molecule has 2 aliphatic carbocycles. The molecule has 0 fully saturated rings. The van der Waals surface area contributed by atoms with E-state index in [4.69, 9.17) is 4.74 Å². The van der Waals surface area contributed by atoms with Gasteiger partial charge in [-0.25, -0.2) is 11.6 Å². The molecule has 0 aromatic rings. The first kappa shape index (κ1) is 32.4. The van der Waals surface area contributed by atoms with Crippen LogP contribution in [-0.4, -0.2) is 12.2 Å². The summed E-state index contributed by atoms with van der Waals surface area (Å²) >= 11 is 0. The van der Waals surface area contributed by atoms with Crippen LogP contribution in [-0.2, 0) is 26.5 Å². The van der Waals surface area contributed by atoms with Crippen molar-refractivity contribution in [1.82, 2.24) is 0 Å². The largest absolute Gasteiger partial charge is 3.00 e. The molecule has 0 saturated carbocycles. The zero-order valence-electron chi connectivity index (χ0n) is 20.5. The van der Waals surface area contributed by atoms with Crippen molar-refractivity contribution < 1.29 is 51.3 Å². The van der Waals surface area contributed by atoms with Crippen LogP contribution in [0.25, 0.3) is 0 Å². The Morgan fingerprint density at radius 2 is 1.60 bits per heavy atom. The third-order valence-corrected chi connectivity index (χ3v) is 6.24. The van der Waals surface area contributed by atoms with E-state index < -0.39 is 0 Å². The third-order valence-electron chi connectivity index (χ3n) is 6.24. The van der Waals surface area contributed by atoms with E-state index in [1.807, 2.05) is 0 Å². The average molecular weight is 488 g/mol. The van der Waals surface area contributed by atoms with Gasteiger partial charge in [0, 0.05) is 6.61 Å². The molecule has 0 N–H and O–H groups in total. The quantitative estimate of drug-likeness (QED) is 0.314. The second-order valence-corrected chi connectivity index (χ2v) is 10.8. The Labute approximate surface area is 214 Å². The Bertz CT molecular complexity index is 672. The number of rotatable bonds is 6. The van der Waals surface area contributed by atoms with Crippen molar-refractivity contribution >= 4 is 0 Å². The van der Waals surface area contributed by atoms with E-state index >= 15 is 0 Å². The van der Waals surface area contributed by atoms with E-state index in [1.54, 1.807) is 0 Å². The summed E-state index contributed by atoms with van der Waals surface area (Å²) in [6.45, 7) is 21.7. The Hall–Kier alpha value is 0.214. The number of unbranched alkanes of at least 4 members (excludes halogenated alkanes) is 1. The number of hydrogen-bond donors (Lipinski definition) is 0. The summed E-state index contributed by atoms with van der Waals surface area (Å²) < 4.78 is 6.88. The molecule has 2 rings (SSSR count). The van der Waals surface area contributed by atoms with Crippen LogP contribution in [0.3, 0.4) is 0 Å². The maximum absolute atomic E-state index is 6.88. The predicted octanol–water partition coefficient (Wildman–Crippen LogP) is 1.61. The number of allylic oxidation sites excluding steroid dienone is 5. The zero-order chi connectivity index (χ0) is 20.5. The molecule has 1 unspecified atom stereocenters. The zero-order valence-corrected chi connectivity index (χ0v) is 23.6. The molecule has 1 radical (unpaired) electrons. The van der Waals surface area contributed by atoms with Gasteiger partial charge >= 0.3 is 21.7 Å². The Balaban J connectivity index is 0. The molecule has 0 aromatic heterocycles. The van der Waals surface area contributed by atoms with Crippen molar-refractivity contribution in [2.75, 3.05) is 6.61 Å². The van der Waals surface area contributed by atoms with Gasteiger partial charge in [0.25, 0.3) is 0 Å². The van der Waals surface area contributed by atoms with Crippen molar-refractivity contribution in [3.63, 3.8) is 0 Å². The summed E-state index contributed by atoms with van der Waals surface area (Å²) in [7, 11) is 0. The van der Waals surface area contributed by atoms with Crippen LogP contribution in [0.15, 0.2) is 41.0 Å². The predicted molar refractivity (Wildman–Crippen MR) is 118 cm³/mol. The van der Waals surface area contributed by atoms with Crippen LogP contribution in [0.5, 0.6) is 0 Å². The fourth-order valence-electron chi connectivity index (χ4n) is 4.39. The van der Waals surface area contributed by atoms with Gasteiger partial charge < -0.3 is 29.6 Å². The molecule has 0 saturated heterocycles. The Morgan fingerprint density at radius 1 is 1.00 bits per heavy atom. The summed E-state index contributed by atoms with van der Waals surface area (Å²) in [6, 6.07) is 0. The molecule has 0 heterocycles. The van der Waals surface area contributed by atoms with Crippen LogP contribution in [0.1, 0.15) is 88.0 Å². The van der Waals surface area contributed by atoms with Gasteiger partial charge in [0.1, 0.15) is 0 Å². The fourth-order valence-corrected chi connectivity index (χ4v) is 4.39. The molecule has 0 aromatic carbocycles. The van der Waals surface area contributed by atoms with Gasteiger partial charge in [-0.1, -0.05) is 80.9 Å². The molecule has 0 aliphatic heterocycles. The molecule has 4 heteroatoms. The van der Waals surface area contributed by atoms with E-state index in [9.17, 15) is 0 Å². The van der Waals surface area contributed by atoms with Crippen LogP contribution >= 0.6 is 0 Å². The van der Waals surface area contributed by atoms with Crippen molar-refractivity contribution in [2.45, 2.75) is 93.6 Å². The summed E-state index contributed by atoms with van der Waals surface area (Å²) in [6.07, 6.45) is 17.1. The molecular weight excluding hydrogens is 447 g/mol. The molecule has 1 nitrogen and oxygen atoms in total. The Morgan fingerprint density at radius 3 is 2.03 bits per heavy atom. The first-order valence-corrected chi connectivity index (χ1v) is 10.7. The second-order valence-electron chi connectivity index (χ2n) is 10.8. The van der Waals surface area contributed by atoms with Crippen LogP contribution in [0.4, 0.5) is 0 Å². The third kappa shape index (κ3) is 6.61. The number of ether oxygens (including phenoxy) is 1. The molecular formula is C26H41Cl2OTi. The monoisotopic (exact) mass is 487 g/mol. The van der Waals surface area contributed by atoms with Crippen molar-refractivity contribution in [1.29, 1.82) is 0 Å². The smallest absolute Gasteiger partial charge is 1.00 e. The molecule has 0 amide bonds. The number of halogens is 2. The molecule has 30 heavy (non-hydrogen) atoms. The standard InChI is InChI=1S/C26H41O.2ClH.Ti/c1-10-11-18-27-26(25(8,9)20-14-12-13-15-20)17-16-21(23(2,3)4)19-22(26)24(5,6)7;;;/h12,14,16,19H,10-11,13,17-18H2,1-9H3;2*1H;/q-1;;;+3/p-2. The minimum absolute atomic E-state index is 0. The number of hydrogen-bond acceptors (Lipinski definition) is 1. The summed E-state index contributed by atoms with van der Waals surface area (Å²) in [5.74, 6) is 0. The first-order valence-electron chi connectivity index (χ1n) is 10.7. The van der Waals surface area contributed by atoms with Gasteiger partial charge in [-0.2, -0.15) is 6.08 Å². The van der Waals surface area contributed by atoms with E-state index in [1.165, 1.54) is 16.7 Å². The van der Waals surface area contributed by atoms with E-state index in [2.05, 4.69) is 92.7 Å². The summed E-state index contributed by atoms with van der Waals surface area (Å²) in [5.41, 5.74) is 3.88. The van der Waals surface area contributed by atoms with Crippen molar-refractivity contribution in [3.8, 4) is 0 Å². The summed E-state index contributed by atoms with van der Waals surface area (Å²) in [5, 5.41) is 0. The van der Waals surface area contributed by atoms with Crippen LogP contribution in [0.2, 0.25) is 0 Å². The average Bonchev–Trinajstić information content (AvgIpc) is 3.08. The van der Waals surface area contributed by atoms with Gasteiger partial charge in [-0.3, -0.25) is 6.08 Å². The fraction of sp³-hybridized carbons (Fsp3) is 0.692. The van der Waals surface area contributed by atoms with Crippen molar-refractivity contribution in [2.24, 2.45) is 16.2 Å². The molecule has 169 valence electrons. The second kappa shape index (κ2) is 11.9. The molecule has 1 atom stereocenters. The van der Waals surface area contributed by atoms with Gasteiger partial charge in [-0.05, 0) is 40.2 Å². The maximum Gasteiger partial charge on any atom is 3.00 e. The SMILES string of the molecule is CCCCOC1(C(C)(C)C2=[C-]CC=C2)CC=C(C(C)(C)C)C=C1C(C)(C)C.[Cl-].[Cl-].[Ti+3]. The minimum Gasteiger partial charge on any atom is -1.00 e. The molecule has 0 bridgehead atoms. The topological polar surface area (TPSA) is 9.23 Å². The van der Waals surface area contributed by atoms with Gasteiger partial charge in [0.2, 0.25) is 0 Å². The summed E-state index contributed by atoms with van der Waals surface area (Å²) in [4.78, 5) is 0. The molecule has 0 spiro atoms. The van der Waals surface area contributed by atoms with Crippen LogP contribution in [0, 0.1) is 22.3 Å². The van der Waals surface area contributed by atoms with Crippen molar-refractivity contribution in [3.05, 3.63) is 47.1 Å². The van der Waals surface area contributed by atoms with Crippen LogP contribution < -0.4 is 24.8 Å². The Kier molecular flexibility index (Phi) is 12.8. The van der Waals surface area contributed by atoms with Gasteiger partial charge in [0.15, 0.2) is 0 Å². The first-order chi connectivity index (χ1) is 12.4. The van der Waals surface area contributed by atoms with E-state index in [0.29, 0.717) is 0 Å². The maximum atomic E-state index is 6.88. The van der Waals surface area contributed by atoms with Gasteiger partial charge in [0.05, 0.1) is 5.60 Å². The molecule has 2 aliphatic rings. The normalized spacial score (nSPS) is 21.6. The van der Waals surface area contributed by atoms with Gasteiger partial charge in [-0.15, -0.1) is 6.42 Å². The van der Waals surface area contributed by atoms with E-state index in [0.717, 1.165) is 32.3 Å². The minimum atomic E-state index is -0.327.